The van der Waals surface area contributed by atoms with Gasteiger partial charge in [0.05, 0.1) is 0 Å². The molecule has 0 aliphatic rings. The first-order valence-electron chi connectivity index (χ1n) is 7.01. The summed E-state index contributed by atoms with van der Waals surface area (Å²) in [6.45, 7) is 2.22. The van der Waals surface area contributed by atoms with E-state index in [1.165, 1.54) is 4.90 Å². The Balaban J connectivity index is 1.99. The molecule has 0 fully saturated rings. The van der Waals surface area contributed by atoms with Crippen molar-refractivity contribution in [3.8, 4) is 0 Å². The first-order chi connectivity index (χ1) is 10.8. The van der Waals surface area contributed by atoms with Crippen LogP contribution < -0.4 is 10.2 Å². The summed E-state index contributed by atoms with van der Waals surface area (Å²) in [4.78, 5) is 13.2. The Hall–Kier alpha value is -2.39. The summed E-state index contributed by atoms with van der Waals surface area (Å²) in [6, 6.07) is 0.918. The molecule has 2 aromatic heterocycles. The number of H-pyrrole nitrogens is 1. The number of alkyl halides is 3. The molecular weight excluding hydrogens is 311 g/mol. The lowest BCUT2D eigenvalue weighted by atomic mass is 10.3. The number of halogens is 3. The molecular formula is C13H18F3N7. The highest BCUT2D eigenvalue weighted by molar-refractivity contribution is 5.44. The van der Waals surface area contributed by atoms with Crippen LogP contribution in [0.2, 0.25) is 0 Å². The van der Waals surface area contributed by atoms with Gasteiger partial charge in [-0.2, -0.15) is 23.3 Å². The summed E-state index contributed by atoms with van der Waals surface area (Å²) >= 11 is 0. The highest BCUT2D eigenvalue weighted by atomic mass is 19.4. The lowest BCUT2D eigenvalue weighted by Crippen LogP contribution is -2.18. The zero-order valence-corrected chi connectivity index (χ0v) is 13.1. The van der Waals surface area contributed by atoms with Gasteiger partial charge in [-0.1, -0.05) is 0 Å². The normalized spacial score (nSPS) is 11.6. The van der Waals surface area contributed by atoms with Gasteiger partial charge in [-0.25, -0.2) is 9.97 Å². The minimum absolute atomic E-state index is 0.0466. The van der Waals surface area contributed by atoms with Crippen LogP contribution in [0.4, 0.5) is 24.9 Å². The quantitative estimate of drug-likeness (QED) is 0.789. The van der Waals surface area contributed by atoms with Crippen molar-refractivity contribution in [2.75, 3.05) is 30.9 Å². The third kappa shape index (κ3) is 4.80. The Morgan fingerprint density at radius 2 is 1.96 bits per heavy atom. The Morgan fingerprint density at radius 1 is 1.22 bits per heavy atom. The smallest absolute Gasteiger partial charge is 0.363 e. The number of aromatic nitrogens is 5. The minimum Gasteiger partial charge on any atom is -0.363 e. The monoisotopic (exact) mass is 329 g/mol. The molecule has 23 heavy (non-hydrogen) atoms. The van der Waals surface area contributed by atoms with Crippen LogP contribution in [0.3, 0.4) is 0 Å². The maximum absolute atomic E-state index is 12.9. The van der Waals surface area contributed by atoms with Crippen molar-refractivity contribution in [1.29, 1.82) is 0 Å². The molecule has 2 N–H and O–H groups in total. The number of nitrogens with one attached hydrogen (secondary N) is 2. The SMILES string of the molecule is Cc1nc(CCCNc2nc(N(C)C)cc(C(F)(F)F)n2)n[nH]1. The van der Waals surface area contributed by atoms with Gasteiger partial charge in [-0.15, -0.1) is 0 Å². The Morgan fingerprint density at radius 3 is 2.52 bits per heavy atom. The largest absolute Gasteiger partial charge is 0.433 e. The summed E-state index contributed by atoms with van der Waals surface area (Å²) in [5, 5.41) is 9.54. The molecule has 0 aromatic carbocycles. The van der Waals surface area contributed by atoms with Gasteiger partial charge in [0.25, 0.3) is 0 Å². The topological polar surface area (TPSA) is 82.6 Å². The van der Waals surface area contributed by atoms with E-state index in [0.29, 0.717) is 25.2 Å². The van der Waals surface area contributed by atoms with E-state index in [1.807, 2.05) is 0 Å². The average molecular weight is 329 g/mol. The van der Waals surface area contributed by atoms with Crippen LogP contribution in [0.1, 0.15) is 23.8 Å². The van der Waals surface area contributed by atoms with Gasteiger partial charge < -0.3 is 10.2 Å². The number of aryl methyl sites for hydroxylation is 2. The molecule has 126 valence electrons. The molecule has 0 bridgehead atoms. The van der Waals surface area contributed by atoms with Crippen LogP contribution in [-0.2, 0) is 12.6 Å². The van der Waals surface area contributed by atoms with E-state index in [-0.39, 0.29) is 11.8 Å². The van der Waals surface area contributed by atoms with Gasteiger partial charge in [-0.3, -0.25) is 5.10 Å². The number of anilines is 2. The summed E-state index contributed by atoms with van der Waals surface area (Å²) in [5.41, 5.74) is -0.969. The average Bonchev–Trinajstić information content (AvgIpc) is 2.88. The summed E-state index contributed by atoms with van der Waals surface area (Å²) in [7, 11) is 3.25. The molecule has 0 aliphatic heterocycles. The molecule has 7 nitrogen and oxygen atoms in total. The molecule has 0 saturated heterocycles. The molecule has 2 heterocycles. The van der Waals surface area contributed by atoms with Crippen LogP contribution >= 0.6 is 0 Å². The summed E-state index contributed by atoms with van der Waals surface area (Å²) in [5.74, 6) is 1.54. The minimum atomic E-state index is -4.51. The second kappa shape index (κ2) is 6.80. The molecule has 2 aromatic rings. The van der Waals surface area contributed by atoms with Crippen molar-refractivity contribution >= 4 is 11.8 Å². The molecule has 0 spiro atoms. The highest BCUT2D eigenvalue weighted by Gasteiger charge is 2.33. The second-order valence-electron chi connectivity index (χ2n) is 5.19. The van der Waals surface area contributed by atoms with Gasteiger partial charge in [0.15, 0.2) is 11.5 Å². The van der Waals surface area contributed by atoms with Crippen LogP contribution in [0.25, 0.3) is 0 Å². The molecule has 0 atom stereocenters. The van der Waals surface area contributed by atoms with Crippen molar-refractivity contribution in [3.63, 3.8) is 0 Å². The first kappa shape index (κ1) is 17.0. The maximum Gasteiger partial charge on any atom is 0.433 e. The Labute approximate surface area is 131 Å². The van der Waals surface area contributed by atoms with E-state index in [1.54, 1.807) is 21.0 Å². The number of hydrogen-bond donors (Lipinski definition) is 2. The highest BCUT2D eigenvalue weighted by Crippen LogP contribution is 2.30. The third-order valence-corrected chi connectivity index (χ3v) is 2.97. The maximum atomic E-state index is 12.9. The lowest BCUT2D eigenvalue weighted by molar-refractivity contribution is -0.141. The van der Waals surface area contributed by atoms with Gasteiger partial charge in [0.1, 0.15) is 11.6 Å². The second-order valence-corrected chi connectivity index (χ2v) is 5.19. The fourth-order valence-corrected chi connectivity index (χ4v) is 1.84. The molecule has 0 amide bonds. The van der Waals surface area contributed by atoms with Crippen LogP contribution in [0.5, 0.6) is 0 Å². The van der Waals surface area contributed by atoms with E-state index in [4.69, 9.17) is 0 Å². The molecule has 0 unspecified atom stereocenters. The van der Waals surface area contributed by atoms with E-state index in [2.05, 4.69) is 30.5 Å². The lowest BCUT2D eigenvalue weighted by Gasteiger charge is -2.15. The predicted molar refractivity (Wildman–Crippen MR) is 79.3 cm³/mol. The zero-order chi connectivity index (χ0) is 17.0. The van der Waals surface area contributed by atoms with Crippen LogP contribution in [0, 0.1) is 6.92 Å². The fourth-order valence-electron chi connectivity index (χ4n) is 1.84. The zero-order valence-electron chi connectivity index (χ0n) is 13.1. The number of rotatable bonds is 6. The van der Waals surface area contributed by atoms with E-state index in [9.17, 15) is 13.2 Å². The standard InChI is InChI=1S/C13H18F3N7/c1-8-18-10(22-21-8)5-4-6-17-12-19-9(13(14,15)16)7-11(20-12)23(2)3/h7H,4-6H2,1-3H3,(H,17,19,20)(H,18,21,22). The summed E-state index contributed by atoms with van der Waals surface area (Å²) < 4.78 is 38.6. The van der Waals surface area contributed by atoms with Crippen LogP contribution in [-0.4, -0.2) is 45.8 Å². The van der Waals surface area contributed by atoms with Gasteiger partial charge >= 0.3 is 6.18 Å². The van der Waals surface area contributed by atoms with Gasteiger partial charge in [-0.05, 0) is 13.3 Å². The fraction of sp³-hybridized carbons (Fsp3) is 0.538. The van der Waals surface area contributed by atoms with Gasteiger partial charge in [0, 0.05) is 33.1 Å². The predicted octanol–water partition coefficient (Wildman–Crippen LogP) is 2.03. The molecule has 2 rings (SSSR count). The van der Waals surface area contributed by atoms with Crippen molar-refractivity contribution in [3.05, 3.63) is 23.4 Å². The van der Waals surface area contributed by atoms with Crippen LogP contribution in [0.15, 0.2) is 6.07 Å². The van der Waals surface area contributed by atoms with Gasteiger partial charge in [0.2, 0.25) is 5.95 Å². The number of hydrogen-bond acceptors (Lipinski definition) is 6. The van der Waals surface area contributed by atoms with Crippen molar-refractivity contribution < 1.29 is 13.2 Å². The molecule has 0 radical (unpaired) electrons. The Bertz CT molecular complexity index is 651. The molecule has 10 heteroatoms. The third-order valence-electron chi connectivity index (χ3n) is 2.97. The number of nitrogens with zero attached hydrogens (tertiary/aromatic N) is 5. The number of aromatic amines is 1. The first-order valence-corrected chi connectivity index (χ1v) is 7.01. The van der Waals surface area contributed by atoms with Crippen molar-refractivity contribution in [2.45, 2.75) is 25.9 Å². The van der Waals surface area contributed by atoms with Crippen molar-refractivity contribution in [1.82, 2.24) is 25.1 Å². The van der Waals surface area contributed by atoms with E-state index < -0.39 is 11.9 Å². The molecule has 0 aliphatic carbocycles. The van der Waals surface area contributed by atoms with E-state index in [0.717, 1.165) is 11.9 Å². The Kier molecular flexibility index (Phi) is 5.02. The van der Waals surface area contributed by atoms with E-state index >= 15 is 0 Å². The molecule has 0 saturated carbocycles. The van der Waals surface area contributed by atoms with Crippen molar-refractivity contribution in [2.24, 2.45) is 0 Å². The summed E-state index contributed by atoms with van der Waals surface area (Å²) in [6.07, 6.45) is -3.26.